The zero-order chi connectivity index (χ0) is 29.6. The monoisotopic (exact) mass is 551 g/mol. The highest BCUT2D eigenvalue weighted by atomic mass is 14.9. The summed E-state index contributed by atoms with van der Waals surface area (Å²) in [7, 11) is 0. The lowest BCUT2D eigenvalue weighted by Crippen LogP contribution is -2.15. The van der Waals surface area contributed by atoms with E-state index in [2.05, 4.69) is 155 Å². The van der Waals surface area contributed by atoms with Gasteiger partial charge in [0.15, 0.2) is 0 Å². The molecule has 0 aliphatic heterocycles. The molecule has 2 N–H and O–H groups in total. The predicted molar refractivity (Wildman–Crippen MR) is 180 cm³/mol. The van der Waals surface area contributed by atoms with E-state index >= 15 is 0 Å². The summed E-state index contributed by atoms with van der Waals surface area (Å²) in [6, 6.07) is 36.5. The van der Waals surface area contributed by atoms with Crippen LogP contribution >= 0.6 is 0 Å². The maximum Gasteiger partial charge on any atom is 0.0774 e. The second-order valence-corrected chi connectivity index (χ2v) is 11.4. The fourth-order valence-corrected chi connectivity index (χ4v) is 5.87. The Morgan fingerprint density at radius 2 is 1.40 bits per heavy atom. The maximum absolute atomic E-state index is 5.16. The lowest BCUT2D eigenvalue weighted by atomic mass is 9.91. The third-order valence-electron chi connectivity index (χ3n) is 7.87. The standard InChI is InChI=1S/C39H41N3/c1-7-30-17-13-21-33(26(2)3)38(30)40-25-32-18-14-22-36(41-32)34-19-11-12-20-35(34)39(31-15-9-8-10-16-31)42-37-28(5)23-27(4)24-29(37)6/h7-24,26,39-40,42H,1,25H2,2-6H3. The molecular formula is C39H41N3. The predicted octanol–water partition coefficient (Wildman–Crippen LogP) is 10.3. The van der Waals surface area contributed by atoms with E-state index in [0.717, 1.165) is 28.2 Å². The fraction of sp³-hybridized carbons (Fsp3) is 0.205. The minimum absolute atomic E-state index is 0.0424. The number of aromatic nitrogens is 1. The van der Waals surface area contributed by atoms with Crippen LogP contribution in [0, 0.1) is 20.8 Å². The van der Waals surface area contributed by atoms with Gasteiger partial charge in [-0.25, -0.2) is 0 Å². The van der Waals surface area contributed by atoms with Gasteiger partial charge in [0, 0.05) is 16.9 Å². The van der Waals surface area contributed by atoms with Crippen molar-refractivity contribution in [2.24, 2.45) is 0 Å². The van der Waals surface area contributed by atoms with Gasteiger partial charge in [-0.3, -0.25) is 4.98 Å². The second kappa shape index (κ2) is 12.9. The molecule has 1 aromatic heterocycles. The number of rotatable bonds is 10. The molecule has 3 heteroatoms. The summed E-state index contributed by atoms with van der Waals surface area (Å²) in [6.45, 7) is 15.6. The molecule has 5 rings (SSSR count). The number of benzene rings is 4. The van der Waals surface area contributed by atoms with Crippen LogP contribution in [0.3, 0.4) is 0 Å². The van der Waals surface area contributed by atoms with Crippen molar-refractivity contribution in [3.8, 4) is 11.3 Å². The Bertz CT molecular complexity index is 1660. The Kier molecular flexibility index (Phi) is 8.88. The first-order valence-electron chi connectivity index (χ1n) is 14.8. The number of anilines is 2. The van der Waals surface area contributed by atoms with Crippen LogP contribution in [0.15, 0.2) is 110 Å². The fourth-order valence-electron chi connectivity index (χ4n) is 5.87. The van der Waals surface area contributed by atoms with Gasteiger partial charge in [0.2, 0.25) is 0 Å². The van der Waals surface area contributed by atoms with Crippen molar-refractivity contribution in [2.75, 3.05) is 10.6 Å². The quantitative estimate of drug-likeness (QED) is 0.181. The first-order chi connectivity index (χ1) is 20.4. The molecule has 0 aliphatic rings. The Balaban J connectivity index is 1.52. The third-order valence-corrected chi connectivity index (χ3v) is 7.87. The second-order valence-electron chi connectivity index (χ2n) is 11.4. The van der Waals surface area contributed by atoms with Crippen molar-refractivity contribution in [3.63, 3.8) is 0 Å². The van der Waals surface area contributed by atoms with Crippen LogP contribution in [0.5, 0.6) is 0 Å². The van der Waals surface area contributed by atoms with Crippen molar-refractivity contribution in [1.82, 2.24) is 4.98 Å². The summed E-state index contributed by atoms with van der Waals surface area (Å²) in [6.07, 6.45) is 1.92. The van der Waals surface area contributed by atoms with E-state index in [0.29, 0.717) is 12.5 Å². The average Bonchev–Trinajstić information content (AvgIpc) is 3.00. The summed E-state index contributed by atoms with van der Waals surface area (Å²) in [4.78, 5) is 5.16. The van der Waals surface area contributed by atoms with E-state index in [1.165, 1.54) is 39.1 Å². The van der Waals surface area contributed by atoms with Crippen LogP contribution in [0.4, 0.5) is 11.4 Å². The van der Waals surface area contributed by atoms with Crippen LogP contribution in [-0.4, -0.2) is 4.98 Å². The Hall–Kier alpha value is -4.63. The number of nitrogens with zero attached hydrogens (tertiary/aromatic N) is 1. The minimum Gasteiger partial charge on any atom is -0.379 e. The molecule has 1 unspecified atom stereocenters. The molecule has 0 bridgehead atoms. The summed E-state index contributed by atoms with van der Waals surface area (Å²) >= 11 is 0. The molecule has 5 aromatic rings. The van der Waals surface area contributed by atoms with Gasteiger partial charge in [0.05, 0.1) is 24.0 Å². The van der Waals surface area contributed by atoms with E-state index < -0.39 is 0 Å². The Morgan fingerprint density at radius 1 is 0.738 bits per heavy atom. The topological polar surface area (TPSA) is 37.0 Å². The SMILES string of the molecule is C=Cc1cccc(C(C)C)c1NCc1cccc(-c2ccccc2C(Nc2c(C)cc(C)cc2C)c2ccccc2)n1. The van der Waals surface area contributed by atoms with Crippen LogP contribution in [-0.2, 0) is 6.54 Å². The zero-order valence-corrected chi connectivity index (χ0v) is 25.4. The molecular weight excluding hydrogens is 510 g/mol. The van der Waals surface area contributed by atoms with Crippen molar-refractivity contribution >= 4 is 17.5 Å². The highest BCUT2D eigenvalue weighted by molar-refractivity contribution is 5.71. The van der Waals surface area contributed by atoms with Gasteiger partial charge >= 0.3 is 0 Å². The smallest absolute Gasteiger partial charge is 0.0774 e. The molecule has 0 fully saturated rings. The Labute approximate surface area is 251 Å². The van der Waals surface area contributed by atoms with Crippen LogP contribution in [0.1, 0.15) is 70.4 Å². The number of pyridine rings is 1. The largest absolute Gasteiger partial charge is 0.379 e. The summed E-state index contributed by atoms with van der Waals surface area (Å²) < 4.78 is 0. The zero-order valence-electron chi connectivity index (χ0n) is 25.4. The van der Waals surface area contributed by atoms with E-state index in [9.17, 15) is 0 Å². The van der Waals surface area contributed by atoms with Gasteiger partial charge in [0.25, 0.3) is 0 Å². The molecule has 0 radical (unpaired) electrons. The van der Waals surface area contributed by atoms with Gasteiger partial charge in [-0.2, -0.15) is 0 Å². The molecule has 42 heavy (non-hydrogen) atoms. The summed E-state index contributed by atoms with van der Waals surface area (Å²) in [5.41, 5.74) is 14.0. The molecule has 0 aliphatic carbocycles. The van der Waals surface area contributed by atoms with E-state index in [1.54, 1.807) is 0 Å². The molecule has 4 aromatic carbocycles. The van der Waals surface area contributed by atoms with Gasteiger partial charge in [-0.05, 0) is 72.2 Å². The summed E-state index contributed by atoms with van der Waals surface area (Å²) in [5.74, 6) is 0.404. The molecule has 0 amide bonds. The normalized spacial score (nSPS) is 11.8. The lowest BCUT2D eigenvalue weighted by molar-refractivity contribution is 0.864. The third kappa shape index (κ3) is 6.31. The van der Waals surface area contributed by atoms with Crippen molar-refractivity contribution in [3.05, 3.63) is 154 Å². The van der Waals surface area contributed by atoms with Gasteiger partial charge < -0.3 is 10.6 Å². The van der Waals surface area contributed by atoms with Crippen molar-refractivity contribution in [2.45, 2.75) is 53.1 Å². The molecule has 1 atom stereocenters. The van der Waals surface area contributed by atoms with Crippen LogP contribution < -0.4 is 10.6 Å². The first-order valence-corrected chi connectivity index (χ1v) is 14.8. The maximum atomic E-state index is 5.16. The molecule has 0 saturated heterocycles. The van der Waals surface area contributed by atoms with Crippen LogP contribution in [0.2, 0.25) is 0 Å². The molecule has 3 nitrogen and oxygen atoms in total. The van der Waals surface area contributed by atoms with E-state index in [1.807, 2.05) is 6.08 Å². The number of hydrogen-bond donors (Lipinski definition) is 2. The molecule has 212 valence electrons. The van der Waals surface area contributed by atoms with E-state index in [-0.39, 0.29) is 6.04 Å². The molecule has 1 heterocycles. The minimum atomic E-state index is -0.0424. The molecule has 0 spiro atoms. The Morgan fingerprint density at radius 3 is 2.12 bits per heavy atom. The van der Waals surface area contributed by atoms with Gasteiger partial charge in [-0.15, -0.1) is 0 Å². The van der Waals surface area contributed by atoms with Gasteiger partial charge in [0.1, 0.15) is 0 Å². The number of para-hydroxylation sites is 1. The number of aryl methyl sites for hydroxylation is 3. The average molecular weight is 552 g/mol. The number of hydrogen-bond acceptors (Lipinski definition) is 3. The highest BCUT2D eigenvalue weighted by Gasteiger charge is 2.21. The highest BCUT2D eigenvalue weighted by Crippen LogP contribution is 2.36. The van der Waals surface area contributed by atoms with E-state index in [4.69, 9.17) is 4.98 Å². The molecule has 0 saturated carbocycles. The van der Waals surface area contributed by atoms with Crippen molar-refractivity contribution in [1.29, 1.82) is 0 Å². The summed E-state index contributed by atoms with van der Waals surface area (Å²) in [5, 5.41) is 7.60. The lowest BCUT2D eigenvalue weighted by Gasteiger charge is -2.26. The van der Waals surface area contributed by atoms with Crippen LogP contribution in [0.25, 0.3) is 17.3 Å². The van der Waals surface area contributed by atoms with Crippen molar-refractivity contribution < 1.29 is 0 Å². The number of nitrogens with one attached hydrogen (secondary N) is 2. The van der Waals surface area contributed by atoms with Gasteiger partial charge in [-0.1, -0.05) is 123 Å². The first kappa shape index (κ1) is 28.9.